The Morgan fingerprint density at radius 1 is 1.24 bits per heavy atom. The summed E-state index contributed by atoms with van der Waals surface area (Å²) in [5.74, 6) is -0.591. The van der Waals surface area contributed by atoms with Crippen LogP contribution in [0.25, 0.3) is 10.8 Å². The van der Waals surface area contributed by atoms with E-state index in [-0.39, 0.29) is 23.4 Å². The maximum atomic E-state index is 12.2. The fourth-order valence-electron chi connectivity index (χ4n) is 2.18. The van der Waals surface area contributed by atoms with Crippen LogP contribution in [0.3, 0.4) is 0 Å². The Hall–Kier alpha value is -2.34. The van der Waals surface area contributed by atoms with Crippen LogP contribution in [0.15, 0.2) is 47.5 Å². The predicted molar refractivity (Wildman–Crippen MR) is 85.2 cm³/mol. The molecule has 0 fully saturated rings. The molecule has 0 aliphatic carbocycles. The summed E-state index contributed by atoms with van der Waals surface area (Å²) < 4.78 is 0. The molecule has 0 spiro atoms. The van der Waals surface area contributed by atoms with Crippen molar-refractivity contribution in [3.05, 3.63) is 42.5 Å². The zero-order chi connectivity index (χ0) is 14.8. The maximum Gasteiger partial charge on any atom is 0.249 e. The fraction of sp³-hybridized carbons (Fsp3) is 0.133. The van der Waals surface area contributed by atoms with Gasteiger partial charge in [0.25, 0.3) is 0 Å². The van der Waals surface area contributed by atoms with Gasteiger partial charge in [-0.1, -0.05) is 42.1 Å². The van der Waals surface area contributed by atoms with Crippen molar-refractivity contribution in [1.29, 1.82) is 0 Å². The van der Waals surface area contributed by atoms with Gasteiger partial charge >= 0.3 is 0 Å². The number of nitrogens with one attached hydrogen (secondary N) is 1. The van der Waals surface area contributed by atoms with E-state index in [1.54, 1.807) is 0 Å². The van der Waals surface area contributed by atoms with Crippen LogP contribution in [-0.2, 0) is 9.59 Å². The van der Waals surface area contributed by atoms with E-state index in [0.29, 0.717) is 5.69 Å². The zero-order valence-electron chi connectivity index (χ0n) is 11.1. The number of amides is 2. The molecule has 1 heterocycles. The van der Waals surface area contributed by atoms with Gasteiger partial charge in [0, 0.05) is 5.69 Å². The number of carbonyl (C=O) groups is 2. The lowest BCUT2D eigenvalue weighted by Gasteiger charge is -2.17. The molecule has 2 aromatic rings. The molecule has 6 heteroatoms. The van der Waals surface area contributed by atoms with E-state index in [2.05, 4.69) is 10.3 Å². The van der Waals surface area contributed by atoms with Gasteiger partial charge in [0.05, 0.1) is 6.42 Å². The van der Waals surface area contributed by atoms with E-state index in [1.165, 1.54) is 0 Å². The van der Waals surface area contributed by atoms with Gasteiger partial charge in [0.15, 0.2) is 5.17 Å². The molecule has 2 amide bonds. The van der Waals surface area contributed by atoms with Crippen molar-refractivity contribution in [3.8, 4) is 0 Å². The molecular weight excluding hydrogens is 286 g/mol. The first kappa shape index (κ1) is 13.6. The predicted octanol–water partition coefficient (Wildman–Crippen LogP) is 2.13. The average molecular weight is 299 g/mol. The molecule has 1 aliphatic heterocycles. The number of rotatable bonds is 2. The normalized spacial score (nSPS) is 18.4. The molecule has 1 aliphatic rings. The van der Waals surface area contributed by atoms with Gasteiger partial charge in [-0.05, 0) is 22.9 Å². The second-order valence-electron chi connectivity index (χ2n) is 4.71. The number of hydrogen-bond acceptors (Lipinski definition) is 4. The van der Waals surface area contributed by atoms with Gasteiger partial charge in [-0.2, -0.15) is 4.99 Å². The molecule has 106 valence electrons. The third kappa shape index (κ3) is 3.05. The number of thioether (sulfide) groups is 1. The first-order chi connectivity index (χ1) is 10.1. The van der Waals surface area contributed by atoms with E-state index in [9.17, 15) is 9.59 Å². The number of hydrogen-bond donors (Lipinski definition) is 2. The van der Waals surface area contributed by atoms with E-state index in [0.717, 1.165) is 22.5 Å². The minimum atomic E-state index is -0.526. The van der Waals surface area contributed by atoms with Gasteiger partial charge in [-0.25, -0.2) is 0 Å². The molecule has 0 saturated carbocycles. The number of carbonyl (C=O) groups excluding carboxylic acids is 2. The Kier molecular flexibility index (Phi) is 3.62. The number of nitrogens with zero attached hydrogens (tertiary/aromatic N) is 1. The molecule has 3 N–H and O–H groups in total. The average Bonchev–Trinajstić information content (AvgIpc) is 2.46. The summed E-state index contributed by atoms with van der Waals surface area (Å²) in [6.07, 6.45) is 0.0742. The van der Waals surface area contributed by atoms with Crippen LogP contribution in [-0.4, -0.2) is 22.2 Å². The summed E-state index contributed by atoms with van der Waals surface area (Å²) in [5, 5.41) is 4.59. The highest BCUT2D eigenvalue weighted by atomic mass is 32.2. The van der Waals surface area contributed by atoms with Gasteiger partial charge in [0.2, 0.25) is 11.8 Å². The summed E-state index contributed by atoms with van der Waals surface area (Å²) in [7, 11) is 0. The van der Waals surface area contributed by atoms with Gasteiger partial charge in [0.1, 0.15) is 5.25 Å². The summed E-state index contributed by atoms with van der Waals surface area (Å²) in [4.78, 5) is 27.2. The third-order valence-electron chi connectivity index (χ3n) is 3.17. The van der Waals surface area contributed by atoms with Crippen molar-refractivity contribution in [2.75, 3.05) is 5.32 Å². The minimum Gasteiger partial charge on any atom is -0.378 e. The molecular formula is C15H13N3O2S. The van der Waals surface area contributed by atoms with Crippen LogP contribution in [0.5, 0.6) is 0 Å². The molecule has 5 nitrogen and oxygen atoms in total. The van der Waals surface area contributed by atoms with Crippen LogP contribution >= 0.6 is 11.8 Å². The van der Waals surface area contributed by atoms with Crippen molar-refractivity contribution in [1.82, 2.24) is 0 Å². The number of anilines is 1. The van der Waals surface area contributed by atoms with E-state index in [4.69, 9.17) is 5.73 Å². The van der Waals surface area contributed by atoms with Crippen molar-refractivity contribution in [3.63, 3.8) is 0 Å². The van der Waals surface area contributed by atoms with Gasteiger partial charge in [-0.3, -0.25) is 9.59 Å². The van der Waals surface area contributed by atoms with Crippen LogP contribution in [0.4, 0.5) is 5.69 Å². The van der Waals surface area contributed by atoms with Crippen molar-refractivity contribution < 1.29 is 9.59 Å². The largest absolute Gasteiger partial charge is 0.378 e. The molecule has 21 heavy (non-hydrogen) atoms. The molecule has 0 unspecified atom stereocenters. The zero-order valence-corrected chi connectivity index (χ0v) is 11.9. The fourth-order valence-corrected chi connectivity index (χ4v) is 3.01. The second-order valence-corrected chi connectivity index (χ2v) is 5.93. The number of aliphatic imine (C=N–C) groups is 1. The summed E-state index contributed by atoms with van der Waals surface area (Å²) in [6.45, 7) is 0. The molecule has 0 aromatic heterocycles. The van der Waals surface area contributed by atoms with Crippen molar-refractivity contribution in [2.45, 2.75) is 11.7 Å². The Morgan fingerprint density at radius 2 is 2.00 bits per heavy atom. The maximum absolute atomic E-state index is 12.2. The topological polar surface area (TPSA) is 84.5 Å². The van der Waals surface area contributed by atoms with Crippen molar-refractivity contribution in [2.24, 2.45) is 10.7 Å². The van der Waals surface area contributed by atoms with E-state index in [1.807, 2.05) is 42.5 Å². The van der Waals surface area contributed by atoms with E-state index < -0.39 is 5.25 Å². The van der Waals surface area contributed by atoms with Crippen molar-refractivity contribution >= 4 is 45.2 Å². The summed E-state index contributed by atoms with van der Waals surface area (Å²) >= 11 is 1.12. The van der Waals surface area contributed by atoms with E-state index >= 15 is 0 Å². The smallest absolute Gasteiger partial charge is 0.249 e. The highest BCUT2D eigenvalue weighted by molar-refractivity contribution is 8.15. The molecule has 1 atom stereocenters. The van der Waals surface area contributed by atoms with Gasteiger partial charge < -0.3 is 11.1 Å². The Labute approximate surface area is 125 Å². The first-order valence-corrected chi connectivity index (χ1v) is 7.33. The number of nitrogens with two attached hydrogens (primary N) is 1. The summed E-state index contributed by atoms with van der Waals surface area (Å²) in [6, 6.07) is 13.6. The number of benzene rings is 2. The van der Waals surface area contributed by atoms with Crippen LogP contribution in [0, 0.1) is 0 Å². The Morgan fingerprint density at radius 3 is 2.76 bits per heavy atom. The lowest BCUT2D eigenvalue weighted by Crippen LogP contribution is -2.33. The molecule has 2 aromatic carbocycles. The van der Waals surface area contributed by atoms with Crippen LogP contribution in [0.1, 0.15) is 6.42 Å². The minimum absolute atomic E-state index is 0.0742. The lowest BCUT2D eigenvalue weighted by molar-refractivity contribution is -0.121. The Bertz CT molecular complexity index is 757. The molecule has 3 rings (SSSR count). The SMILES string of the molecule is NC1=NC(=O)C[C@H](C(=O)Nc2ccc3ccccc3c2)S1. The molecule has 0 bridgehead atoms. The standard InChI is InChI=1S/C15H13N3O2S/c16-15-18-13(19)8-12(21-15)14(20)17-11-6-5-9-3-1-2-4-10(9)7-11/h1-7,12H,8H2,(H,17,20)(H2,16,18,19)/t12-/m1/s1. The van der Waals surface area contributed by atoms with Gasteiger partial charge in [-0.15, -0.1) is 0 Å². The number of amidine groups is 1. The molecule has 0 saturated heterocycles. The quantitative estimate of drug-likeness (QED) is 0.889. The third-order valence-corrected chi connectivity index (χ3v) is 4.17. The second kappa shape index (κ2) is 5.57. The monoisotopic (exact) mass is 299 g/mol. The lowest BCUT2D eigenvalue weighted by atomic mass is 10.1. The van der Waals surface area contributed by atoms with Crippen LogP contribution in [0.2, 0.25) is 0 Å². The summed E-state index contributed by atoms with van der Waals surface area (Å²) in [5.41, 5.74) is 6.23. The van der Waals surface area contributed by atoms with Crippen LogP contribution < -0.4 is 11.1 Å². The highest BCUT2D eigenvalue weighted by Gasteiger charge is 2.27. The number of fused-ring (bicyclic) bond motifs is 1. The highest BCUT2D eigenvalue weighted by Crippen LogP contribution is 2.23. The molecule has 0 radical (unpaired) electrons. The first-order valence-electron chi connectivity index (χ1n) is 6.45. The Balaban J connectivity index is 1.77.